The van der Waals surface area contributed by atoms with Crippen LogP contribution in [0.25, 0.3) is 22.3 Å². The molecule has 7 nitrogen and oxygen atoms in total. The SMILES string of the molecule is COC(=O)c1ccc2nc(Cc3ccc(-c4cccc(OCc5ccc(Cl)cc5F)n4)cc3F)n(CC3CCO3)c2c1. The van der Waals surface area contributed by atoms with Gasteiger partial charge in [-0.3, -0.25) is 0 Å². The van der Waals surface area contributed by atoms with E-state index in [1.54, 1.807) is 60.7 Å². The van der Waals surface area contributed by atoms with Crippen molar-refractivity contribution in [3.8, 4) is 17.1 Å². The van der Waals surface area contributed by atoms with Crippen LogP contribution in [-0.4, -0.2) is 40.3 Å². The summed E-state index contributed by atoms with van der Waals surface area (Å²) >= 11 is 5.82. The summed E-state index contributed by atoms with van der Waals surface area (Å²) in [4.78, 5) is 21.4. The maximum absolute atomic E-state index is 15.5. The zero-order valence-electron chi connectivity index (χ0n) is 22.6. The van der Waals surface area contributed by atoms with Gasteiger partial charge in [0.1, 0.15) is 24.1 Å². The van der Waals surface area contributed by atoms with Crippen molar-refractivity contribution in [2.24, 2.45) is 0 Å². The molecule has 214 valence electrons. The van der Waals surface area contributed by atoms with Crippen molar-refractivity contribution in [3.63, 3.8) is 0 Å². The van der Waals surface area contributed by atoms with Crippen LogP contribution in [0.4, 0.5) is 8.78 Å². The van der Waals surface area contributed by atoms with Crippen LogP contribution < -0.4 is 4.74 Å². The average molecular weight is 590 g/mol. The number of fused-ring (bicyclic) bond motifs is 1. The molecule has 42 heavy (non-hydrogen) atoms. The zero-order chi connectivity index (χ0) is 29.2. The van der Waals surface area contributed by atoms with Crippen molar-refractivity contribution < 1.29 is 27.8 Å². The number of rotatable bonds is 9. The Kier molecular flexibility index (Phi) is 7.86. The van der Waals surface area contributed by atoms with Gasteiger partial charge >= 0.3 is 5.97 Å². The predicted octanol–water partition coefficient (Wildman–Crippen LogP) is 6.78. The molecule has 0 N–H and O–H groups in total. The van der Waals surface area contributed by atoms with Crippen molar-refractivity contribution in [1.29, 1.82) is 0 Å². The van der Waals surface area contributed by atoms with Gasteiger partial charge in [0, 0.05) is 35.2 Å². The number of imidazole rings is 1. The lowest BCUT2D eigenvalue weighted by Crippen LogP contribution is -2.31. The van der Waals surface area contributed by atoms with Gasteiger partial charge in [0.05, 0.1) is 42.0 Å². The van der Waals surface area contributed by atoms with Gasteiger partial charge in [0.25, 0.3) is 0 Å². The summed E-state index contributed by atoms with van der Waals surface area (Å²) in [6.07, 6.45) is 1.19. The molecule has 1 saturated heterocycles. The van der Waals surface area contributed by atoms with E-state index < -0.39 is 17.6 Å². The van der Waals surface area contributed by atoms with Gasteiger partial charge in [0.15, 0.2) is 0 Å². The fraction of sp³-hybridized carbons (Fsp3) is 0.219. The third kappa shape index (κ3) is 5.84. The monoisotopic (exact) mass is 589 g/mol. The van der Waals surface area contributed by atoms with Gasteiger partial charge in [-0.15, -0.1) is 0 Å². The number of pyridine rings is 1. The Labute approximate surface area is 245 Å². The maximum Gasteiger partial charge on any atom is 0.337 e. The van der Waals surface area contributed by atoms with Crippen LogP contribution in [0.15, 0.2) is 72.8 Å². The first-order chi connectivity index (χ1) is 20.4. The minimum Gasteiger partial charge on any atom is -0.473 e. The number of hydrogen-bond donors (Lipinski definition) is 0. The van der Waals surface area contributed by atoms with Gasteiger partial charge in [-0.1, -0.05) is 35.9 Å². The normalized spacial score (nSPS) is 14.5. The molecule has 0 bridgehead atoms. The van der Waals surface area contributed by atoms with Crippen LogP contribution in [0, 0.1) is 11.6 Å². The molecule has 1 atom stereocenters. The Morgan fingerprint density at radius 3 is 2.57 bits per heavy atom. The summed E-state index contributed by atoms with van der Waals surface area (Å²) < 4.78 is 47.8. The molecule has 6 rings (SSSR count). The summed E-state index contributed by atoms with van der Waals surface area (Å²) in [5.41, 5.74) is 3.77. The van der Waals surface area contributed by atoms with Crippen molar-refractivity contribution in [3.05, 3.63) is 112 Å². The summed E-state index contributed by atoms with van der Waals surface area (Å²) in [5.74, 6) is -0.360. The maximum atomic E-state index is 15.5. The first-order valence-electron chi connectivity index (χ1n) is 13.4. The smallest absolute Gasteiger partial charge is 0.337 e. The number of carbonyl (C=O) groups excluding carboxylic acids is 1. The molecule has 2 aromatic heterocycles. The van der Waals surface area contributed by atoms with Crippen LogP contribution in [0.5, 0.6) is 5.88 Å². The van der Waals surface area contributed by atoms with E-state index in [1.807, 2.05) is 4.57 Å². The van der Waals surface area contributed by atoms with Crippen LogP contribution in [0.2, 0.25) is 5.02 Å². The lowest BCUT2D eigenvalue weighted by atomic mass is 10.1. The molecule has 3 aromatic carbocycles. The summed E-state index contributed by atoms with van der Waals surface area (Å²) in [6.45, 7) is 1.22. The Morgan fingerprint density at radius 1 is 1.02 bits per heavy atom. The second-order valence-corrected chi connectivity index (χ2v) is 10.4. The Balaban J connectivity index is 1.24. The number of nitrogens with zero attached hydrogens (tertiary/aromatic N) is 3. The molecule has 1 unspecified atom stereocenters. The topological polar surface area (TPSA) is 75.5 Å². The van der Waals surface area contributed by atoms with Crippen LogP contribution in [0.3, 0.4) is 0 Å². The van der Waals surface area contributed by atoms with Crippen LogP contribution >= 0.6 is 11.6 Å². The van der Waals surface area contributed by atoms with Crippen molar-refractivity contribution >= 4 is 28.6 Å². The standard InChI is InChI=1S/C32H26ClF2N3O4/c1-40-32(39)21-8-10-28-29(14-21)38(17-24-11-12-41-24)30(36-28)15-19-5-6-20(13-25(19)34)27-3-2-4-31(37-27)42-18-22-7-9-23(33)16-26(22)35/h2-10,13-14,16,24H,11-12,15,17-18H2,1H3. The molecule has 0 spiro atoms. The molecule has 0 aliphatic carbocycles. The fourth-order valence-corrected chi connectivity index (χ4v) is 5.01. The summed E-state index contributed by atoms with van der Waals surface area (Å²) in [6, 6.07) is 19.6. The van der Waals surface area contributed by atoms with Gasteiger partial charge < -0.3 is 18.8 Å². The van der Waals surface area contributed by atoms with Crippen molar-refractivity contribution in [2.75, 3.05) is 13.7 Å². The molecule has 0 radical (unpaired) electrons. The number of carbonyl (C=O) groups is 1. The average Bonchev–Trinajstić information content (AvgIpc) is 3.31. The Morgan fingerprint density at radius 2 is 1.83 bits per heavy atom. The van der Waals surface area contributed by atoms with E-state index in [4.69, 9.17) is 30.8 Å². The highest BCUT2D eigenvalue weighted by Gasteiger charge is 2.23. The second-order valence-electron chi connectivity index (χ2n) is 9.98. The van der Waals surface area contributed by atoms with Crippen LogP contribution in [0.1, 0.15) is 33.7 Å². The van der Waals surface area contributed by atoms with E-state index >= 15 is 4.39 Å². The number of ether oxygens (including phenoxy) is 3. The first kappa shape index (κ1) is 27.8. The second kappa shape index (κ2) is 11.9. The molecular weight excluding hydrogens is 564 g/mol. The molecule has 1 fully saturated rings. The molecule has 5 aromatic rings. The lowest BCUT2D eigenvalue weighted by molar-refractivity contribution is -0.0589. The number of aromatic nitrogens is 3. The highest BCUT2D eigenvalue weighted by molar-refractivity contribution is 6.30. The number of halogens is 3. The van der Waals surface area contributed by atoms with E-state index in [9.17, 15) is 9.18 Å². The number of esters is 1. The minimum absolute atomic E-state index is 0.0270. The number of hydrogen-bond acceptors (Lipinski definition) is 6. The molecular formula is C32H26ClF2N3O4. The van der Waals surface area contributed by atoms with E-state index in [2.05, 4.69) is 4.98 Å². The molecule has 0 saturated carbocycles. The molecule has 1 aliphatic heterocycles. The zero-order valence-corrected chi connectivity index (χ0v) is 23.4. The molecule has 0 amide bonds. The van der Waals surface area contributed by atoms with Gasteiger partial charge in [-0.2, -0.15) is 0 Å². The Hall–Kier alpha value is -4.34. The predicted molar refractivity (Wildman–Crippen MR) is 154 cm³/mol. The fourth-order valence-electron chi connectivity index (χ4n) is 4.86. The van der Waals surface area contributed by atoms with Crippen molar-refractivity contribution in [2.45, 2.75) is 32.1 Å². The first-order valence-corrected chi connectivity index (χ1v) is 13.8. The summed E-state index contributed by atoms with van der Waals surface area (Å²) in [7, 11) is 1.34. The molecule has 1 aliphatic rings. The van der Waals surface area contributed by atoms with Crippen molar-refractivity contribution in [1.82, 2.24) is 14.5 Å². The highest BCUT2D eigenvalue weighted by atomic mass is 35.5. The van der Waals surface area contributed by atoms with Gasteiger partial charge in [-0.05, 0) is 54.4 Å². The van der Waals surface area contributed by atoms with Gasteiger partial charge in [0.2, 0.25) is 5.88 Å². The number of methoxy groups -OCH3 is 1. The Bertz CT molecular complexity index is 1790. The third-order valence-corrected chi connectivity index (χ3v) is 7.47. The van der Waals surface area contributed by atoms with E-state index in [0.717, 1.165) is 11.9 Å². The largest absolute Gasteiger partial charge is 0.473 e. The summed E-state index contributed by atoms with van der Waals surface area (Å²) in [5, 5.41) is 0.305. The molecule has 10 heteroatoms. The van der Waals surface area contributed by atoms with E-state index in [-0.39, 0.29) is 25.0 Å². The van der Waals surface area contributed by atoms with Gasteiger partial charge in [-0.25, -0.2) is 23.5 Å². The van der Waals surface area contributed by atoms with E-state index in [1.165, 1.54) is 19.2 Å². The van der Waals surface area contributed by atoms with Crippen LogP contribution in [-0.2, 0) is 29.0 Å². The van der Waals surface area contributed by atoms with E-state index in [0.29, 0.717) is 57.5 Å². The lowest BCUT2D eigenvalue weighted by Gasteiger charge is -2.27. The third-order valence-electron chi connectivity index (χ3n) is 7.24. The quantitative estimate of drug-likeness (QED) is 0.177. The molecule has 3 heterocycles. The minimum atomic E-state index is -0.464. The highest BCUT2D eigenvalue weighted by Crippen LogP contribution is 2.27. The number of benzene rings is 3.